The van der Waals surface area contributed by atoms with Gasteiger partial charge in [0.05, 0.1) is 12.1 Å². The third kappa shape index (κ3) is 4.60. The number of aryl methyl sites for hydroxylation is 1. The number of nitrogens with one attached hydrogen (secondary N) is 2. The molecule has 8 heteroatoms. The molecule has 0 aliphatic rings. The molecule has 2 rings (SSSR count). The molecule has 2 N–H and O–H groups in total. The molecule has 2 aromatic rings. The number of carbonyl (C=O) groups is 2. The van der Waals surface area contributed by atoms with E-state index in [1.54, 1.807) is 13.0 Å². The Hall–Kier alpha value is -2.77. The minimum atomic E-state index is -4.49. The van der Waals surface area contributed by atoms with Crippen LogP contribution in [0.3, 0.4) is 0 Å². The lowest BCUT2D eigenvalue weighted by molar-refractivity contribution is -0.137. The van der Waals surface area contributed by atoms with Crippen LogP contribution in [0.2, 0.25) is 0 Å². The molecular weight excluding hydrogens is 313 g/mol. The van der Waals surface area contributed by atoms with Crippen LogP contribution in [-0.2, 0) is 11.0 Å². The number of halogens is 3. The summed E-state index contributed by atoms with van der Waals surface area (Å²) in [5.74, 6) is -0.642. The number of carbonyl (C=O) groups excluding carboxylic acids is 2. The molecule has 0 fully saturated rings. The van der Waals surface area contributed by atoms with Gasteiger partial charge in [0.1, 0.15) is 5.76 Å². The molecule has 1 heterocycles. The summed E-state index contributed by atoms with van der Waals surface area (Å²) in [7, 11) is 0. The van der Waals surface area contributed by atoms with Crippen LogP contribution in [0.25, 0.3) is 0 Å². The molecule has 2 amide bonds. The number of hydrogen-bond donors (Lipinski definition) is 2. The van der Waals surface area contributed by atoms with Crippen molar-refractivity contribution in [2.24, 2.45) is 0 Å². The molecule has 0 atom stereocenters. The van der Waals surface area contributed by atoms with E-state index in [2.05, 4.69) is 10.6 Å². The van der Waals surface area contributed by atoms with E-state index in [4.69, 9.17) is 4.42 Å². The second-order valence-electron chi connectivity index (χ2n) is 4.72. The van der Waals surface area contributed by atoms with Crippen molar-refractivity contribution in [2.75, 3.05) is 11.9 Å². The Labute approximate surface area is 129 Å². The molecule has 0 unspecified atom stereocenters. The third-order valence-electron chi connectivity index (χ3n) is 2.85. The van der Waals surface area contributed by atoms with E-state index in [1.807, 2.05) is 0 Å². The van der Waals surface area contributed by atoms with Gasteiger partial charge in [0.15, 0.2) is 5.76 Å². The Bertz CT molecular complexity index is 723. The minimum Gasteiger partial charge on any atom is -0.456 e. The third-order valence-corrected chi connectivity index (χ3v) is 2.85. The number of furan rings is 1. The Kier molecular flexibility index (Phi) is 4.73. The van der Waals surface area contributed by atoms with Crippen molar-refractivity contribution in [1.82, 2.24) is 5.32 Å². The topological polar surface area (TPSA) is 71.3 Å². The van der Waals surface area contributed by atoms with Crippen LogP contribution in [0.1, 0.15) is 21.9 Å². The van der Waals surface area contributed by atoms with Gasteiger partial charge in [0.2, 0.25) is 5.91 Å². The number of rotatable bonds is 4. The first-order chi connectivity index (χ1) is 10.8. The average molecular weight is 326 g/mol. The highest BCUT2D eigenvalue weighted by Crippen LogP contribution is 2.30. The first-order valence-corrected chi connectivity index (χ1v) is 6.57. The summed E-state index contributed by atoms with van der Waals surface area (Å²) < 4.78 is 42.8. The number of benzene rings is 1. The summed E-state index contributed by atoms with van der Waals surface area (Å²) in [6, 6.07) is 7.27. The summed E-state index contributed by atoms with van der Waals surface area (Å²) in [4.78, 5) is 23.3. The van der Waals surface area contributed by atoms with Gasteiger partial charge in [-0.2, -0.15) is 13.2 Å². The molecule has 1 aromatic heterocycles. The fourth-order valence-electron chi connectivity index (χ4n) is 1.78. The van der Waals surface area contributed by atoms with Gasteiger partial charge in [-0.25, -0.2) is 0 Å². The molecule has 0 spiro atoms. The largest absolute Gasteiger partial charge is 0.456 e. The molecule has 0 bridgehead atoms. The monoisotopic (exact) mass is 326 g/mol. The molecule has 0 aliphatic heterocycles. The van der Waals surface area contributed by atoms with Crippen LogP contribution in [0.5, 0.6) is 0 Å². The fraction of sp³-hybridized carbons (Fsp3) is 0.200. The summed E-state index contributed by atoms with van der Waals surface area (Å²) in [5, 5.41) is 4.59. The van der Waals surface area contributed by atoms with Crippen molar-refractivity contribution in [3.8, 4) is 0 Å². The molecule has 0 saturated carbocycles. The second kappa shape index (κ2) is 6.55. The maximum atomic E-state index is 12.6. The number of amides is 2. The Morgan fingerprint density at radius 1 is 1.17 bits per heavy atom. The Balaban J connectivity index is 1.91. The molecule has 1 aromatic carbocycles. The van der Waals surface area contributed by atoms with Crippen molar-refractivity contribution < 1.29 is 27.2 Å². The fourth-order valence-corrected chi connectivity index (χ4v) is 1.78. The Morgan fingerprint density at radius 3 is 2.52 bits per heavy atom. The van der Waals surface area contributed by atoms with Gasteiger partial charge in [-0.1, -0.05) is 6.07 Å². The predicted octanol–water partition coefficient (Wildman–Crippen LogP) is 2.98. The zero-order valence-electron chi connectivity index (χ0n) is 12.0. The van der Waals surface area contributed by atoms with E-state index in [9.17, 15) is 22.8 Å². The summed E-state index contributed by atoms with van der Waals surface area (Å²) in [5.41, 5.74) is -0.877. The van der Waals surface area contributed by atoms with Gasteiger partial charge >= 0.3 is 6.18 Å². The normalized spacial score (nSPS) is 11.1. The van der Waals surface area contributed by atoms with Crippen molar-refractivity contribution in [3.63, 3.8) is 0 Å². The highest BCUT2D eigenvalue weighted by Gasteiger charge is 2.30. The van der Waals surface area contributed by atoms with E-state index in [0.29, 0.717) is 5.76 Å². The quantitative estimate of drug-likeness (QED) is 0.907. The summed E-state index contributed by atoms with van der Waals surface area (Å²) in [6.45, 7) is 1.27. The van der Waals surface area contributed by atoms with E-state index < -0.39 is 30.1 Å². The summed E-state index contributed by atoms with van der Waals surface area (Å²) in [6.07, 6.45) is -4.49. The Morgan fingerprint density at radius 2 is 1.91 bits per heavy atom. The lowest BCUT2D eigenvalue weighted by atomic mass is 10.2. The number of hydrogen-bond acceptors (Lipinski definition) is 3. The van der Waals surface area contributed by atoms with Crippen molar-refractivity contribution >= 4 is 17.5 Å². The van der Waals surface area contributed by atoms with Crippen LogP contribution >= 0.6 is 0 Å². The highest BCUT2D eigenvalue weighted by atomic mass is 19.4. The van der Waals surface area contributed by atoms with Gasteiger partial charge in [-0.05, 0) is 37.3 Å². The lowest BCUT2D eigenvalue weighted by Crippen LogP contribution is -2.32. The van der Waals surface area contributed by atoms with Crippen LogP contribution < -0.4 is 10.6 Å². The maximum absolute atomic E-state index is 12.6. The molecule has 5 nitrogen and oxygen atoms in total. The standard InChI is InChI=1S/C15H13F3N2O3/c1-9-5-6-12(23-9)14(22)19-8-13(21)20-11-4-2-3-10(7-11)15(16,17)18/h2-7H,8H2,1H3,(H,19,22)(H,20,21). The van der Waals surface area contributed by atoms with Crippen LogP contribution in [-0.4, -0.2) is 18.4 Å². The molecular formula is C15H13F3N2O3. The van der Waals surface area contributed by atoms with Gasteiger partial charge in [0, 0.05) is 5.69 Å². The predicted molar refractivity (Wildman–Crippen MR) is 75.9 cm³/mol. The maximum Gasteiger partial charge on any atom is 0.416 e. The summed E-state index contributed by atoms with van der Waals surface area (Å²) >= 11 is 0. The molecule has 0 radical (unpaired) electrons. The van der Waals surface area contributed by atoms with E-state index in [-0.39, 0.29) is 11.4 Å². The van der Waals surface area contributed by atoms with Gasteiger partial charge in [-0.3, -0.25) is 9.59 Å². The van der Waals surface area contributed by atoms with E-state index >= 15 is 0 Å². The second-order valence-corrected chi connectivity index (χ2v) is 4.72. The first kappa shape index (κ1) is 16.6. The smallest absolute Gasteiger partial charge is 0.416 e. The van der Waals surface area contributed by atoms with Gasteiger partial charge < -0.3 is 15.1 Å². The van der Waals surface area contributed by atoms with Gasteiger partial charge in [0.25, 0.3) is 5.91 Å². The minimum absolute atomic E-state index is 0.00656. The highest BCUT2D eigenvalue weighted by molar-refractivity contribution is 5.98. The van der Waals surface area contributed by atoms with Crippen molar-refractivity contribution in [1.29, 1.82) is 0 Å². The molecule has 122 valence electrons. The van der Waals surface area contributed by atoms with Crippen molar-refractivity contribution in [3.05, 3.63) is 53.5 Å². The van der Waals surface area contributed by atoms with E-state index in [0.717, 1.165) is 12.1 Å². The zero-order chi connectivity index (χ0) is 17.0. The van der Waals surface area contributed by atoms with Crippen LogP contribution in [0.4, 0.5) is 18.9 Å². The molecule has 23 heavy (non-hydrogen) atoms. The molecule has 0 saturated heterocycles. The number of alkyl halides is 3. The van der Waals surface area contributed by atoms with Crippen molar-refractivity contribution in [2.45, 2.75) is 13.1 Å². The van der Waals surface area contributed by atoms with Crippen LogP contribution in [0, 0.1) is 6.92 Å². The SMILES string of the molecule is Cc1ccc(C(=O)NCC(=O)Nc2cccc(C(F)(F)F)c2)o1. The van der Waals surface area contributed by atoms with Crippen LogP contribution in [0.15, 0.2) is 40.8 Å². The van der Waals surface area contributed by atoms with E-state index in [1.165, 1.54) is 18.2 Å². The van der Waals surface area contributed by atoms with Gasteiger partial charge in [-0.15, -0.1) is 0 Å². The molecule has 0 aliphatic carbocycles. The number of anilines is 1. The average Bonchev–Trinajstić information content (AvgIpc) is 2.91. The first-order valence-electron chi connectivity index (χ1n) is 6.57. The lowest BCUT2D eigenvalue weighted by Gasteiger charge is -2.10. The zero-order valence-corrected chi connectivity index (χ0v) is 12.0.